The number of fused-ring (bicyclic) bond motifs is 1. The molecule has 1 atom stereocenters. The second-order valence-corrected chi connectivity index (χ2v) is 6.02. The van der Waals surface area contributed by atoms with Crippen LogP contribution in [0.2, 0.25) is 0 Å². The van der Waals surface area contributed by atoms with Gasteiger partial charge in [0.05, 0.1) is 11.6 Å². The Morgan fingerprint density at radius 2 is 1.81 bits per heavy atom. The van der Waals surface area contributed by atoms with Gasteiger partial charge in [0.1, 0.15) is 0 Å². The average molecular weight is 363 g/mol. The van der Waals surface area contributed by atoms with Gasteiger partial charge in [0.15, 0.2) is 11.4 Å². The van der Waals surface area contributed by atoms with E-state index in [2.05, 4.69) is 23.1 Å². The van der Waals surface area contributed by atoms with Crippen molar-refractivity contribution < 1.29 is 14.4 Å². The van der Waals surface area contributed by atoms with Crippen LogP contribution in [0.5, 0.6) is 0 Å². The number of benzene rings is 1. The summed E-state index contributed by atoms with van der Waals surface area (Å²) in [6.07, 6.45) is 3.12. The molecule has 1 unspecified atom stereocenters. The van der Waals surface area contributed by atoms with Crippen LogP contribution >= 0.6 is 0 Å². The molecule has 0 bridgehead atoms. The number of carbonyl (C=O) groups is 3. The molecule has 2 heterocycles. The van der Waals surface area contributed by atoms with Crippen molar-refractivity contribution >= 4 is 23.7 Å². The summed E-state index contributed by atoms with van der Waals surface area (Å²) < 4.78 is 0. The first-order chi connectivity index (χ1) is 13.0. The summed E-state index contributed by atoms with van der Waals surface area (Å²) in [6.45, 7) is 14.8. The molecule has 1 aromatic carbocycles. The fraction of sp³-hybridized carbons (Fsp3) is 0.211. The maximum Gasteiger partial charge on any atom is 0.398 e. The smallest absolute Gasteiger partial charge is 0.290 e. The number of amides is 5. The molecule has 1 aromatic rings. The highest BCUT2D eigenvalue weighted by molar-refractivity contribution is 6.49. The molecule has 1 saturated heterocycles. The Hall–Kier alpha value is -3.73. The number of urea groups is 2. The molecule has 0 aliphatic carbocycles. The van der Waals surface area contributed by atoms with Gasteiger partial charge < -0.3 is 0 Å². The summed E-state index contributed by atoms with van der Waals surface area (Å²) in [4.78, 5) is 47.8. The van der Waals surface area contributed by atoms with Gasteiger partial charge >= 0.3 is 18.0 Å². The maximum absolute atomic E-state index is 13.0. The van der Waals surface area contributed by atoms with Crippen molar-refractivity contribution in [2.24, 2.45) is 4.99 Å². The Bertz CT molecular complexity index is 902. The molecule has 0 radical (unpaired) electrons. The molecule has 8 nitrogen and oxygen atoms in total. The predicted octanol–water partition coefficient (Wildman–Crippen LogP) is 2.62. The molecule has 0 saturated carbocycles. The zero-order valence-corrected chi connectivity index (χ0v) is 14.5. The lowest BCUT2D eigenvalue weighted by molar-refractivity contribution is -0.123. The Balaban J connectivity index is 2.20. The number of carbonyl (C=O) groups excluding carboxylic acids is 3. The van der Waals surface area contributed by atoms with E-state index in [4.69, 9.17) is 6.57 Å². The highest BCUT2D eigenvalue weighted by Gasteiger charge is 2.64. The Morgan fingerprint density at radius 1 is 1.11 bits per heavy atom. The van der Waals surface area contributed by atoms with Gasteiger partial charge in [-0.3, -0.25) is 14.6 Å². The Labute approximate surface area is 156 Å². The molecule has 136 valence electrons. The number of rotatable bonds is 6. The van der Waals surface area contributed by atoms with Crippen LogP contribution in [-0.4, -0.2) is 50.7 Å². The number of hydrogen-bond donors (Lipinski definition) is 0. The number of aliphatic imine (C=N–C) groups is 1. The topological polar surface area (TPSA) is 77.7 Å². The monoisotopic (exact) mass is 363 g/mol. The van der Waals surface area contributed by atoms with Gasteiger partial charge in [0.2, 0.25) is 0 Å². The van der Waals surface area contributed by atoms with Crippen molar-refractivity contribution in [1.82, 2.24) is 14.8 Å². The molecule has 0 spiro atoms. The van der Waals surface area contributed by atoms with Crippen molar-refractivity contribution in [2.75, 3.05) is 6.54 Å². The van der Waals surface area contributed by atoms with Gasteiger partial charge in [-0.1, -0.05) is 42.5 Å². The van der Waals surface area contributed by atoms with E-state index in [1.165, 1.54) is 22.0 Å². The normalized spacial score (nSPS) is 21.7. The van der Waals surface area contributed by atoms with Crippen LogP contribution in [0.3, 0.4) is 0 Å². The minimum atomic E-state index is -1.43. The first kappa shape index (κ1) is 18.1. The summed E-state index contributed by atoms with van der Waals surface area (Å²) in [6, 6.07) is 7.65. The van der Waals surface area contributed by atoms with Crippen LogP contribution in [0.25, 0.3) is 4.95 Å². The molecule has 8 heteroatoms. The number of hydrogen-bond acceptors (Lipinski definition) is 3. The molecule has 3 rings (SSSR count). The molecule has 5 amide bonds. The standard InChI is InChI=1S/C19H17N5O3/c1-4-11-19-15(21-17(26)22(19)12-5-2)16(25)24(20-3)18(27)23(19)13-14-9-7-6-8-10-14/h4-10H,1-2,11-13H2. The molecule has 0 aromatic heterocycles. The van der Waals surface area contributed by atoms with E-state index in [1.54, 1.807) is 0 Å². The summed E-state index contributed by atoms with van der Waals surface area (Å²) in [5, 5.41) is 0.411. The molecule has 1 fully saturated rings. The summed E-state index contributed by atoms with van der Waals surface area (Å²) >= 11 is 0. The number of nitrogens with zero attached hydrogens (tertiary/aromatic N) is 5. The molecule has 2 aliphatic heterocycles. The molecule has 2 aliphatic rings. The first-order valence-corrected chi connectivity index (χ1v) is 8.21. The Morgan fingerprint density at radius 3 is 2.41 bits per heavy atom. The lowest BCUT2D eigenvalue weighted by Crippen LogP contribution is -2.72. The van der Waals surface area contributed by atoms with E-state index in [9.17, 15) is 14.4 Å². The van der Waals surface area contributed by atoms with Crippen molar-refractivity contribution in [1.29, 1.82) is 0 Å². The lowest BCUT2D eigenvalue weighted by atomic mass is 9.92. The van der Waals surface area contributed by atoms with Gasteiger partial charge in [-0.15, -0.1) is 18.1 Å². The van der Waals surface area contributed by atoms with Crippen LogP contribution in [0, 0.1) is 6.57 Å². The van der Waals surface area contributed by atoms with E-state index in [-0.39, 0.29) is 25.2 Å². The predicted molar refractivity (Wildman–Crippen MR) is 98.1 cm³/mol. The van der Waals surface area contributed by atoms with Crippen molar-refractivity contribution in [3.63, 3.8) is 0 Å². The largest absolute Gasteiger partial charge is 0.398 e. The van der Waals surface area contributed by atoms with Crippen LogP contribution in [-0.2, 0) is 11.3 Å². The lowest BCUT2D eigenvalue weighted by Gasteiger charge is -2.47. The van der Waals surface area contributed by atoms with Crippen LogP contribution in [0.4, 0.5) is 9.59 Å². The van der Waals surface area contributed by atoms with Gasteiger partial charge in [-0.2, -0.15) is 11.6 Å². The van der Waals surface area contributed by atoms with E-state index in [1.807, 2.05) is 30.3 Å². The SMILES string of the molecule is [C-]#[N+]N1C(=O)C2=NC(=O)N(CC=C)C2(CC=C)N(Cc2ccccc2)C1=O. The van der Waals surface area contributed by atoms with E-state index < -0.39 is 23.6 Å². The molecule has 0 N–H and O–H groups in total. The minimum absolute atomic E-state index is 0.0868. The van der Waals surface area contributed by atoms with Gasteiger partial charge in [0.25, 0.3) is 0 Å². The molecular formula is C19H17N5O3. The summed E-state index contributed by atoms with van der Waals surface area (Å²) in [7, 11) is 0. The number of imide groups is 1. The highest BCUT2D eigenvalue weighted by atomic mass is 16.2. The van der Waals surface area contributed by atoms with Crippen LogP contribution in [0.1, 0.15) is 12.0 Å². The first-order valence-electron chi connectivity index (χ1n) is 8.21. The minimum Gasteiger partial charge on any atom is -0.290 e. The zero-order chi connectivity index (χ0) is 19.6. The zero-order valence-electron chi connectivity index (χ0n) is 14.5. The van der Waals surface area contributed by atoms with Crippen molar-refractivity contribution in [3.8, 4) is 0 Å². The fourth-order valence-corrected chi connectivity index (χ4v) is 3.41. The third-order valence-electron chi connectivity index (χ3n) is 4.54. The fourth-order valence-electron chi connectivity index (χ4n) is 3.41. The average Bonchev–Trinajstić information content (AvgIpc) is 2.94. The van der Waals surface area contributed by atoms with E-state index in [0.717, 1.165) is 5.56 Å². The van der Waals surface area contributed by atoms with Gasteiger partial charge in [-0.05, 0) is 5.56 Å². The third kappa shape index (κ3) is 2.60. The van der Waals surface area contributed by atoms with Crippen molar-refractivity contribution in [2.45, 2.75) is 18.6 Å². The van der Waals surface area contributed by atoms with Crippen LogP contribution < -0.4 is 0 Å². The maximum atomic E-state index is 13.0. The van der Waals surface area contributed by atoms with E-state index >= 15 is 0 Å². The quantitative estimate of drug-likeness (QED) is 0.576. The van der Waals surface area contributed by atoms with Gasteiger partial charge in [0, 0.05) is 13.0 Å². The molecule has 27 heavy (non-hydrogen) atoms. The van der Waals surface area contributed by atoms with E-state index in [0.29, 0.717) is 5.01 Å². The van der Waals surface area contributed by atoms with Crippen LogP contribution in [0.15, 0.2) is 60.6 Å². The highest BCUT2D eigenvalue weighted by Crippen LogP contribution is 2.39. The Kier molecular flexibility index (Phi) is 4.60. The summed E-state index contributed by atoms with van der Waals surface area (Å²) in [5.41, 5.74) is -0.801. The molecular weight excluding hydrogens is 346 g/mol. The van der Waals surface area contributed by atoms with Crippen molar-refractivity contribution in [3.05, 3.63) is 72.7 Å². The third-order valence-corrected chi connectivity index (χ3v) is 4.54. The van der Waals surface area contributed by atoms with Gasteiger partial charge in [-0.25, -0.2) is 9.59 Å². The second kappa shape index (κ2) is 6.88. The second-order valence-electron chi connectivity index (χ2n) is 6.02. The summed E-state index contributed by atoms with van der Waals surface area (Å²) in [5.74, 6) is -0.888.